The van der Waals surface area contributed by atoms with Crippen LogP contribution in [0.5, 0.6) is 0 Å². The van der Waals surface area contributed by atoms with Crippen LogP contribution >= 0.6 is 32.6 Å². The van der Waals surface area contributed by atoms with E-state index in [1.54, 1.807) is 0 Å². The zero-order valence-electron chi connectivity index (χ0n) is 20.2. The summed E-state index contributed by atoms with van der Waals surface area (Å²) < 4.78 is 2.31. The van der Waals surface area contributed by atoms with Crippen LogP contribution in [0.1, 0.15) is 25.0 Å². The number of rotatable bonds is 7. The van der Waals surface area contributed by atoms with E-state index in [0.29, 0.717) is 0 Å². The van der Waals surface area contributed by atoms with Gasteiger partial charge in [0.05, 0.1) is 5.41 Å². The molecule has 1 aliphatic heterocycles. The summed E-state index contributed by atoms with van der Waals surface area (Å²) in [6, 6.07) is 12.6. The second-order valence-electron chi connectivity index (χ2n) is 10.1. The molecule has 2 aromatic rings. The van der Waals surface area contributed by atoms with Crippen LogP contribution in [0.15, 0.2) is 53.4 Å². The van der Waals surface area contributed by atoms with Gasteiger partial charge < -0.3 is 0 Å². The Kier molecular flexibility index (Phi) is 8.20. The van der Waals surface area contributed by atoms with Gasteiger partial charge in [0.25, 0.3) is 0 Å². The molecule has 0 saturated carbocycles. The van der Waals surface area contributed by atoms with Crippen molar-refractivity contribution in [2.24, 2.45) is 0 Å². The molecule has 0 atom stereocenters. The summed E-state index contributed by atoms with van der Waals surface area (Å²) in [4.78, 5) is 1.10. The zero-order valence-corrected chi connectivity index (χ0v) is 25.4. The minimum Gasteiger partial charge on any atom is -0.198 e. The van der Waals surface area contributed by atoms with Crippen molar-refractivity contribution in [1.29, 1.82) is 0 Å². The van der Waals surface area contributed by atoms with Gasteiger partial charge in [-0.15, -0.1) is 12.6 Å². The van der Waals surface area contributed by atoms with Crippen molar-refractivity contribution in [2.75, 3.05) is 45.5 Å². The molecule has 7 heteroatoms. The van der Waals surface area contributed by atoms with E-state index in [1.165, 1.54) is 27.8 Å². The van der Waals surface area contributed by atoms with Crippen LogP contribution in [-0.2, 0) is 29.0 Å². The number of thiol groups is 1. The Morgan fingerprint density at radius 2 is 1.53 bits per heavy atom. The first-order valence-corrected chi connectivity index (χ1v) is 20.7. The van der Waals surface area contributed by atoms with Crippen molar-refractivity contribution in [3.05, 3.63) is 59.7 Å². The molecule has 172 valence electrons. The Hall–Kier alpha value is -0.0700. The van der Waals surface area contributed by atoms with Gasteiger partial charge >= 0.3 is 0 Å². The van der Waals surface area contributed by atoms with Gasteiger partial charge in [-0.1, -0.05) is 67.9 Å². The van der Waals surface area contributed by atoms with Gasteiger partial charge in [0.1, 0.15) is 7.05 Å². The molecule has 0 aliphatic carbocycles. The predicted molar refractivity (Wildman–Crippen MR) is 162 cm³/mol. The molecular weight excluding hydrogens is 503 g/mol. The molecule has 2 aromatic carbocycles. The smallest absolute Gasteiger partial charge is 0.198 e. The fourth-order valence-electron chi connectivity index (χ4n) is 4.43. The van der Waals surface area contributed by atoms with Gasteiger partial charge in [-0.05, 0) is 69.5 Å². The molecule has 0 radical (unpaired) electrons. The first kappa shape index (κ1) is 26.5. The number of allylic oxidation sites excluding steroid dienone is 1. The number of hydrogen-bond acceptors (Lipinski definition) is 3. The Bertz CT molecular complexity index is 1160. The van der Waals surface area contributed by atoms with Gasteiger partial charge in [-0.3, -0.25) is 0 Å². The average Bonchev–Trinajstić information content (AvgIpc) is 2.85. The maximum Gasteiger partial charge on any atom is 0.209 e. The molecule has 0 bridgehead atoms. The Labute approximate surface area is 212 Å². The van der Waals surface area contributed by atoms with E-state index >= 15 is 0 Å². The van der Waals surface area contributed by atoms with E-state index in [2.05, 4.69) is 107 Å². The highest BCUT2D eigenvalue weighted by Crippen LogP contribution is 2.59. The van der Waals surface area contributed by atoms with Gasteiger partial charge in [0.15, 0.2) is 5.71 Å². The van der Waals surface area contributed by atoms with Crippen molar-refractivity contribution in [3.8, 4) is 0 Å². The van der Waals surface area contributed by atoms with Crippen LogP contribution in [0.25, 0.3) is 6.08 Å². The molecular formula is C25H35NP3S3+. The van der Waals surface area contributed by atoms with Crippen LogP contribution in [0.4, 0.5) is 5.69 Å². The number of hydrogen-bond donors (Lipinski definition) is 1. The van der Waals surface area contributed by atoms with E-state index in [4.69, 9.17) is 36.2 Å². The van der Waals surface area contributed by atoms with Crippen LogP contribution in [0.3, 0.4) is 0 Å². The predicted octanol–water partition coefficient (Wildman–Crippen LogP) is 7.20. The highest BCUT2D eigenvalue weighted by Gasteiger charge is 2.42. The van der Waals surface area contributed by atoms with E-state index < -0.39 is 20.0 Å². The molecule has 1 aliphatic rings. The molecule has 0 spiro atoms. The molecule has 32 heavy (non-hydrogen) atoms. The molecule has 3 rings (SSSR count). The van der Waals surface area contributed by atoms with Crippen LogP contribution in [-0.4, -0.2) is 55.8 Å². The van der Waals surface area contributed by atoms with E-state index in [0.717, 1.165) is 16.7 Å². The topological polar surface area (TPSA) is 3.01 Å². The van der Waals surface area contributed by atoms with Crippen molar-refractivity contribution in [1.82, 2.24) is 0 Å². The summed E-state index contributed by atoms with van der Waals surface area (Å²) in [6.45, 7) is 13.7. The zero-order chi connectivity index (χ0) is 23.9. The third-order valence-electron chi connectivity index (χ3n) is 5.77. The molecule has 0 fully saturated rings. The van der Waals surface area contributed by atoms with Crippen molar-refractivity contribution in [3.63, 3.8) is 0 Å². The van der Waals surface area contributed by atoms with Crippen molar-refractivity contribution in [2.45, 2.75) is 24.2 Å². The van der Waals surface area contributed by atoms with E-state index in [1.807, 2.05) is 0 Å². The second kappa shape index (κ2) is 9.89. The molecule has 1 nitrogen and oxygen atoms in total. The summed E-state index contributed by atoms with van der Waals surface area (Å²) in [5.41, 5.74) is 5.10. The Morgan fingerprint density at radius 3 is 2.09 bits per heavy atom. The molecule has 0 unspecified atom stereocenters. The Morgan fingerprint density at radius 1 is 0.938 bits per heavy atom. The Balaban J connectivity index is 2.00. The van der Waals surface area contributed by atoms with E-state index in [-0.39, 0.29) is 5.41 Å². The molecule has 0 aromatic heterocycles. The van der Waals surface area contributed by atoms with Crippen LogP contribution in [0.2, 0.25) is 0 Å². The molecule has 1 heterocycles. The summed E-state index contributed by atoms with van der Waals surface area (Å²) >= 11 is 16.8. The molecule has 0 amide bonds. The maximum atomic E-state index is 5.88. The maximum absolute atomic E-state index is 5.88. The lowest BCUT2D eigenvalue weighted by Gasteiger charge is -2.27. The molecule has 0 saturated heterocycles. The second-order valence-corrected chi connectivity index (χ2v) is 26.6. The minimum absolute atomic E-state index is 0.0313. The fourth-order valence-corrected chi connectivity index (χ4v) is 17.3. The summed E-state index contributed by atoms with van der Waals surface area (Å²) in [6.07, 6.45) is 4.51. The van der Waals surface area contributed by atoms with Crippen LogP contribution < -0.4 is 5.30 Å². The first-order valence-electron chi connectivity index (χ1n) is 10.7. The van der Waals surface area contributed by atoms with Crippen molar-refractivity contribution >= 4 is 79.0 Å². The third-order valence-corrected chi connectivity index (χ3v) is 17.8. The molecule has 0 N–H and O–H groups in total. The normalized spacial score (nSPS) is 16.3. The number of benzene rings is 2. The lowest BCUT2D eigenvalue weighted by Crippen LogP contribution is -2.26. The van der Waals surface area contributed by atoms with Crippen LogP contribution in [0, 0.1) is 0 Å². The first-order chi connectivity index (χ1) is 14.7. The third kappa shape index (κ3) is 6.13. The SMILES string of the molecule is C[N+]1=C(/C=C/c2cccc(P(CP(C)(C)=S)CP(C)(C)=S)c2S)C(C)(C)c2ccccc21. The largest absolute Gasteiger partial charge is 0.209 e. The highest BCUT2D eigenvalue weighted by atomic mass is 32.4. The van der Waals surface area contributed by atoms with Gasteiger partial charge in [-0.25, -0.2) is 0 Å². The van der Waals surface area contributed by atoms with Gasteiger partial charge in [0, 0.05) is 34.4 Å². The number of fused-ring (bicyclic) bond motifs is 1. The average molecular weight is 539 g/mol. The number of para-hydroxylation sites is 1. The minimum atomic E-state index is -1.33. The fraction of sp³-hybridized carbons (Fsp3) is 0.400. The highest BCUT2D eigenvalue weighted by molar-refractivity contribution is 8.19. The monoisotopic (exact) mass is 538 g/mol. The lowest BCUT2D eigenvalue weighted by molar-refractivity contribution is -0.401. The summed E-state index contributed by atoms with van der Waals surface area (Å²) in [7, 11) is 1.77. The summed E-state index contributed by atoms with van der Waals surface area (Å²) in [5.74, 6) is 2.22. The van der Waals surface area contributed by atoms with Gasteiger partial charge in [-0.2, -0.15) is 4.58 Å². The summed E-state index contributed by atoms with van der Waals surface area (Å²) in [5, 5.41) is 1.37. The van der Waals surface area contributed by atoms with Crippen molar-refractivity contribution < 1.29 is 4.58 Å². The van der Waals surface area contributed by atoms with E-state index in [9.17, 15) is 0 Å². The quantitative estimate of drug-likeness (QED) is 0.226. The standard InChI is InChI=1S/C25H34NP3S3/c1-25(2)20-12-8-9-13-21(20)26(3)23(25)16-15-19-11-10-14-22(24(19)30)27(17-28(4,5)31)18-29(6,7)32/h8-16H,17-18H2,1-7H3/p+1. The number of nitrogens with zero attached hydrogens (tertiary/aromatic N) is 1. The van der Waals surface area contributed by atoms with Gasteiger partial charge in [0.2, 0.25) is 5.69 Å². The lowest BCUT2D eigenvalue weighted by atomic mass is 9.81.